The van der Waals surface area contributed by atoms with Crippen LogP contribution >= 0.6 is 0 Å². The highest BCUT2D eigenvalue weighted by Crippen LogP contribution is 2.40. The maximum absolute atomic E-state index is 12.3. The molecule has 0 radical (unpaired) electrons. The van der Waals surface area contributed by atoms with Gasteiger partial charge in [0.1, 0.15) is 0 Å². The second-order valence-electron chi connectivity index (χ2n) is 14.5. The third-order valence-corrected chi connectivity index (χ3v) is 9.39. The van der Waals surface area contributed by atoms with Gasteiger partial charge in [0.15, 0.2) is 0 Å². The molecule has 0 heterocycles. The highest BCUT2D eigenvalue weighted by Gasteiger charge is 2.39. The zero-order valence-electron chi connectivity index (χ0n) is 32.9. The lowest BCUT2D eigenvalue weighted by Gasteiger charge is -2.36. The summed E-state index contributed by atoms with van der Waals surface area (Å²) >= 11 is 0. The van der Waals surface area contributed by atoms with Crippen molar-refractivity contribution in [1.82, 2.24) is 0 Å². The predicted molar refractivity (Wildman–Crippen MR) is 218 cm³/mol. The number of hydrogen-bond donors (Lipinski definition) is 2. The lowest BCUT2D eigenvalue weighted by molar-refractivity contribution is -0.466. The third kappa shape index (κ3) is 11.3. The lowest BCUT2D eigenvalue weighted by Crippen LogP contribution is -2.68. The van der Waals surface area contributed by atoms with Gasteiger partial charge in [-0.05, 0) is 53.6 Å². The number of quaternary nitrogens is 2. The number of carboxylic acids is 2. The number of rotatable bonds is 10. The first-order valence-electron chi connectivity index (χ1n) is 18.8. The maximum Gasteiger partial charge on any atom is 0.0886 e. The van der Waals surface area contributed by atoms with Gasteiger partial charge in [-0.25, -0.2) is 0 Å². The summed E-state index contributed by atoms with van der Waals surface area (Å²) in [6.45, 7) is 11.8. The molecule has 6 aromatic rings. The Labute approximate surface area is 327 Å². The molecule has 0 aromatic heterocycles. The first-order chi connectivity index (χ1) is 26.3. The molecule has 0 saturated carbocycles. The van der Waals surface area contributed by atoms with Crippen molar-refractivity contribution in [3.63, 3.8) is 0 Å². The molecule has 0 saturated heterocycles. The molecular weight excluding hydrogens is 681 g/mol. The van der Waals surface area contributed by atoms with Crippen LogP contribution in [0.15, 0.2) is 182 Å². The fraction of sp³-hybridized carbons (Fsp3) is 0.224. The molecule has 0 aliphatic rings. The van der Waals surface area contributed by atoms with Crippen molar-refractivity contribution in [3.05, 3.63) is 215 Å². The van der Waals surface area contributed by atoms with E-state index in [-0.39, 0.29) is 0 Å². The number of carbonyl (C=O) groups excluding carboxylic acids is 2. The largest absolute Gasteiger partial charge is 0.548 e. The first kappa shape index (κ1) is 43.6. The molecule has 6 aromatic carbocycles. The minimum absolute atomic E-state index is 0.292. The Hall–Kier alpha value is -5.82. The van der Waals surface area contributed by atoms with Gasteiger partial charge >= 0.3 is 0 Å². The third-order valence-electron chi connectivity index (χ3n) is 9.39. The summed E-state index contributed by atoms with van der Waals surface area (Å²) in [5.74, 6) is -1.48. The van der Waals surface area contributed by atoms with Gasteiger partial charge in [0.25, 0.3) is 0 Å². The van der Waals surface area contributed by atoms with Crippen molar-refractivity contribution in [1.29, 1.82) is 0 Å². The van der Waals surface area contributed by atoms with E-state index in [9.17, 15) is 19.8 Å². The van der Waals surface area contributed by atoms with Crippen LogP contribution in [0.25, 0.3) is 0 Å². The quantitative estimate of drug-likeness (QED) is 0.171. The number of carbonyl (C=O) groups is 2. The zero-order chi connectivity index (χ0) is 40.3. The highest BCUT2D eigenvalue weighted by molar-refractivity contribution is 5.90. The lowest BCUT2D eigenvalue weighted by atomic mass is 9.69. The molecule has 6 rings (SSSR count). The molecule has 6 heteroatoms. The van der Waals surface area contributed by atoms with E-state index in [1.165, 1.54) is 0 Å². The number of aliphatic carboxylic acids is 2. The number of carboxylic acid groups (broad SMARTS) is 2. The first-order valence-corrected chi connectivity index (χ1v) is 18.8. The Kier molecular flexibility index (Phi) is 16.8. The molecule has 6 nitrogen and oxygen atoms in total. The van der Waals surface area contributed by atoms with Gasteiger partial charge < -0.3 is 31.3 Å². The van der Waals surface area contributed by atoms with Crippen molar-refractivity contribution >= 4 is 11.9 Å². The van der Waals surface area contributed by atoms with E-state index < -0.39 is 22.8 Å². The van der Waals surface area contributed by atoms with Crippen molar-refractivity contribution < 1.29 is 31.3 Å². The molecule has 0 amide bonds. The van der Waals surface area contributed by atoms with E-state index in [1.807, 2.05) is 182 Å². The Balaban J connectivity index is 0.000000233. The highest BCUT2D eigenvalue weighted by atomic mass is 16.4. The van der Waals surface area contributed by atoms with Crippen molar-refractivity contribution in [3.8, 4) is 0 Å². The van der Waals surface area contributed by atoms with Crippen LogP contribution in [0.5, 0.6) is 0 Å². The van der Waals surface area contributed by atoms with Gasteiger partial charge in [0.05, 0.1) is 34.9 Å². The van der Waals surface area contributed by atoms with Gasteiger partial charge in [-0.2, -0.15) is 0 Å². The van der Waals surface area contributed by atoms with Gasteiger partial charge in [-0.15, -0.1) is 0 Å². The molecule has 0 spiro atoms. The van der Waals surface area contributed by atoms with Crippen molar-refractivity contribution in [2.45, 2.75) is 57.4 Å². The molecule has 0 aliphatic carbocycles. The second-order valence-corrected chi connectivity index (χ2v) is 14.5. The van der Waals surface area contributed by atoms with Crippen LogP contribution in [-0.2, 0) is 20.4 Å². The normalized spacial score (nSPS) is 11.1. The minimum Gasteiger partial charge on any atom is -0.548 e. The van der Waals surface area contributed by atoms with E-state index in [1.54, 1.807) is 0 Å². The van der Waals surface area contributed by atoms with Crippen LogP contribution in [0.2, 0.25) is 0 Å². The van der Waals surface area contributed by atoms with E-state index in [0.717, 1.165) is 18.9 Å². The topological polar surface area (TPSA) is 136 Å². The van der Waals surface area contributed by atoms with Crippen LogP contribution in [0.4, 0.5) is 0 Å². The SMILES string of the molecule is CC(C)C[NH3+].CCC(C)(C)[NH3+].O=C([O-])C(c1ccccc1)(c1ccccc1)c1ccccc1.O=C([O-])C(c1ccccc1)(c1ccccc1)c1ccccc1. The Bertz CT molecular complexity index is 1630. The van der Waals surface area contributed by atoms with Crippen LogP contribution < -0.4 is 21.7 Å². The summed E-state index contributed by atoms with van der Waals surface area (Å²) in [5, 5.41) is 24.6. The van der Waals surface area contributed by atoms with E-state index in [0.29, 0.717) is 38.9 Å². The molecule has 0 bridgehead atoms. The second kappa shape index (κ2) is 21.2. The zero-order valence-corrected chi connectivity index (χ0v) is 32.9. The van der Waals surface area contributed by atoms with Gasteiger partial charge in [0.2, 0.25) is 0 Å². The minimum atomic E-state index is -1.32. The fourth-order valence-electron chi connectivity index (χ4n) is 5.84. The van der Waals surface area contributed by atoms with E-state index in [4.69, 9.17) is 0 Å². The summed E-state index contributed by atoms with van der Waals surface area (Å²) in [7, 11) is 0. The summed E-state index contributed by atoms with van der Waals surface area (Å²) in [5.41, 5.74) is 9.36. The van der Waals surface area contributed by atoms with Crippen LogP contribution in [0.1, 0.15) is 74.4 Å². The molecule has 6 N–H and O–H groups in total. The number of hydrogen-bond acceptors (Lipinski definition) is 4. The Morgan fingerprint density at radius 1 is 0.473 bits per heavy atom. The fourth-order valence-corrected chi connectivity index (χ4v) is 5.84. The monoisotopic (exact) mass is 736 g/mol. The average molecular weight is 737 g/mol. The van der Waals surface area contributed by atoms with E-state index >= 15 is 0 Å². The van der Waals surface area contributed by atoms with E-state index in [2.05, 4.69) is 46.1 Å². The summed E-state index contributed by atoms with van der Waals surface area (Å²) in [6, 6.07) is 55.4. The standard InChI is InChI=1S/2C20H16O2.C5H13N.C4H11N/c2*21-19(22)20(16-10-4-1-5-11-16,17-12-6-2-7-13-17)18-14-8-3-9-15-18;1-4-5(2,3)6;1-4(2)3-5/h2*1-15H,(H,21,22);4,6H2,1-3H3;4H,3,5H2,1-2H3. The predicted octanol–water partition coefficient (Wildman–Crippen LogP) is 5.84. The molecule has 0 atom stereocenters. The molecule has 286 valence electrons. The molecule has 55 heavy (non-hydrogen) atoms. The van der Waals surface area contributed by atoms with Crippen LogP contribution in [-0.4, -0.2) is 24.0 Å². The smallest absolute Gasteiger partial charge is 0.0886 e. The summed E-state index contributed by atoms with van der Waals surface area (Å²) < 4.78 is 0. The van der Waals surface area contributed by atoms with Crippen LogP contribution in [0.3, 0.4) is 0 Å². The van der Waals surface area contributed by atoms with Gasteiger partial charge in [0, 0.05) is 5.92 Å². The van der Waals surface area contributed by atoms with Gasteiger partial charge in [-0.3, -0.25) is 0 Å². The molecule has 0 unspecified atom stereocenters. The molecular formula is C49H56N2O4. The molecule has 0 aliphatic heterocycles. The Morgan fingerprint density at radius 3 is 0.709 bits per heavy atom. The molecule has 0 fully saturated rings. The van der Waals surface area contributed by atoms with Crippen molar-refractivity contribution in [2.75, 3.05) is 6.54 Å². The number of benzene rings is 6. The van der Waals surface area contributed by atoms with Crippen molar-refractivity contribution in [2.24, 2.45) is 5.92 Å². The van der Waals surface area contributed by atoms with Gasteiger partial charge in [-0.1, -0.05) is 203 Å². The maximum atomic E-state index is 12.3. The summed E-state index contributed by atoms with van der Waals surface area (Å²) in [6.07, 6.45) is 1.16. The summed E-state index contributed by atoms with van der Waals surface area (Å²) in [4.78, 5) is 24.6. The average Bonchev–Trinajstić information content (AvgIpc) is 3.21. The Morgan fingerprint density at radius 2 is 0.618 bits per heavy atom. The van der Waals surface area contributed by atoms with Crippen LogP contribution in [0, 0.1) is 5.92 Å².